The molecule has 4 nitrogen and oxygen atoms in total. The maximum Gasteiger partial charge on any atom is 0.416 e. The second kappa shape index (κ2) is 8.38. The predicted molar refractivity (Wildman–Crippen MR) is 89.7 cm³/mol. The van der Waals surface area contributed by atoms with Gasteiger partial charge >= 0.3 is 6.18 Å². The van der Waals surface area contributed by atoms with Crippen molar-refractivity contribution in [3.63, 3.8) is 0 Å². The van der Waals surface area contributed by atoms with Crippen LogP contribution < -0.4 is 10.1 Å². The Labute approximate surface area is 145 Å². The average molecular weight is 356 g/mol. The zero-order valence-corrected chi connectivity index (χ0v) is 14.2. The number of likely N-dealkylation sites (tertiary alicyclic amines) is 1. The fourth-order valence-electron chi connectivity index (χ4n) is 3.02. The summed E-state index contributed by atoms with van der Waals surface area (Å²) in [4.78, 5) is 14.5. The van der Waals surface area contributed by atoms with Crippen molar-refractivity contribution in [2.24, 2.45) is 5.92 Å². The summed E-state index contributed by atoms with van der Waals surface area (Å²) in [6, 6.07) is 3.01. The van der Waals surface area contributed by atoms with Crippen LogP contribution in [0.25, 0.3) is 0 Å². The highest BCUT2D eigenvalue weighted by Gasteiger charge is 2.33. The minimum atomic E-state index is -4.51. The second-order valence-electron chi connectivity index (χ2n) is 6.13. The Hall–Kier alpha value is -2.02. The molecular weight excluding hydrogens is 333 g/mol. The van der Waals surface area contributed by atoms with Crippen LogP contribution in [0.5, 0.6) is 5.75 Å². The Morgan fingerprint density at radius 3 is 2.88 bits per heavy atom. The molecule has 1 aliphatic heterocycles. The van der Waals surface area contributed by atoms with Crippen molar-refractivity contribution in [3.8, 4) is 5.75 Å². The normalized spacial score (nSPS) is 18.1. The van der Waals surface area contributed by atoms with Gasteiger partial charge in [-0.05, 0) is 50.6 Å². The van der Waals surface area contributed by atoms with E-state index >= 15 is 0 Å². The third-order valence-electron chi connectivity index (χ3n) is 4.19. The van der Waals surface area contributed by atoms with Crippen molar-refractivity contribution >= 4 is 5.91 Å². The van der Waals surface area contributed by atoms with Crippen LogP contribution in [0.15, 0.2) is 30.9 Å². The van der Waals surface area contributed by atoms with E-state index in [1.54, 1.807) is 4.90 Å². The monoisotopic (exact) mass is 356 g/mol. The standard InChI is InChI=1S/C18H23F3N2O2/c1-3-9-25-16-7-6-14(18(19,20)21)10-15(16)17(24)23-8-4-5-13(12-23)11-22-2/h3,6-7,10,13,22H,1,4-5,8-9,11-12H2,2H3. The van der Waals surface area contributed by atoms with Gasteiger partial charge in [-0.25, -0.2) is 0 Å². The maximum atomic E-state index is 13.0. The van der Waals surface area contributed by atoms with Crippen LogP contribution in [0.4, 0.5) is 13.2 Å². The molecule has 1 heterocycles. The summed E-state index contributed by atoms with van der Waals surface area (Å²) in [6.07, 6.45) is -1.20. The summed E-state index contributed by atoms with van der Waals surface area (Å²) in [7, 11) is 1.84. The molecule has 138 valence electrons. The highest BCUT2D eigenvalue weighted by Crippen LogP contribution is 2.33. The quantitative estimate of drug-likeness (QED) is 0.795. The fourth-order valence-corrected chi connectivity index (χ4v) is 3.02. The molecule has 1 amide bonds. The SMILES string of the molecule is C=CCOc1ccc(C(F)(F)F)cc1C(=O)N1CCCC(CNC)C1. The minimum absolute atomic E-state index is 0.0539. The number of alkyl halides is 3. The molecule has 7 heteroatoms. The molecule has 0 aliphatic carbocycles. The number of piperidine rings is 1. The third kappa shape index (κ3) is 4.98. The van der Waals surface area contributed by atoms with E-state index in [0.717, 1.165) is 31.5 Å². The highest BCUT2D eigenvalue weighted by molar-refractivity contribution is 5.97. The molecule has 1 fully saturated rings. The van der Waals surface area contributed by atoms with Crippen LogP contribution in [0.2, 0.25) is 0 Å². The van der Waals surface area contributed by atoms with Gasteiger partial charge in [0.25, 0.3) is 5.91 Å². The summed E-state index contributed by atoms with van der Waals surface area (Å²) in [6.45, 7) is 5.47. The molecule has 0 aromatic heterocycles. The van der Waals surface area contributed by atoms with Gasteiger partial charge in [-0.2, -0.15) is 13.2 Å². The van der Waals surface area contributed by atoms with Gasteiger partial charge < -0.3 is 15.0 Å². The molecular formula is C18H23F3N2O2. The first kappa shape index (κ1) is 19.3. The molecule has 1 saturated heterocycles. The Kier molecular flexibility index (Phi) is 6.47. The number of amides is 1. The van der Waals surface area contributed by atoms with Crippen LogP contribution in [0.3, 0.4) is 0 Å². The van der Waals surface area contributed by atoms with Gasteiger partial charge in [0.05, 0.1) is 11.1 Å². The van der Waals surface area contributed by atoms with Crippen LogP contribution in [0, 0.1) is 5.92 Å². The first-order chi connectivity index (χ1) is 11.9. The van der Waals surface area contributed by atoms with Gasteiger partial charge in [0.15, 0.2) is 0 Å². The van der Waals surface area contributed by atoms with Crippen LogP contribution in [-0.2, 0) is 6.18 Å². The van der Waals surface area contributed by atoms with Crippen molar-refractivity contribution in [3.05, 3.63) is 42.0 Å². The molecule has 1 aromatic carbocycles. The Morgan fingerprint density at radius 2 is 2.24 bits per heavy atom. The molecule has 1 N–H and O–H groups in total. The lowest BCUT2D eigenvalue weighted by atomic mass is 9.97. The first-order valence-electron chi connectivity index (χ1n) is 8.25. The minimum Gasteiger partial charge on any atom is -0.489 e. The molecule has 1 aromatic rings. The van der Waals surface area contributed by atoms with Gasteiger partial charge in [0.1, 0.15) is 12.4 Å². The summed E-state index contributed by atoms with van der Waals surface area (Å²) in [5.74, 6) is 0.0191. The number of benzene rings is 1. The number of nitrogens with zero attached hydrogens (tertiary/aromatic N) is 1. The lowest BCUT2D eigenvalue weighted by Crippen LogP contribution is -2.42. The number of ether oxygens (including phenoxy) is 1. The van der Waals surface area contributed by atoms with Crippen molar-refractivity contribution in [1.29, 1.82) is 0 Å². The molecule has 0 radical (unpaired) electrons. The van der Waals surface area contributed by atoms with E-state index in [1.807, 2.05) is 7.05 Å². The average Bonchev–Trinajstić information content (AvgIpc) is 2.59. The van der Waals surface area contributed by atoms with Crippen molar-refractivity contribution in [2.75, 3.05) is 33.3 Å². The van der Waals surface area contributed by atoms with E-state index in [2.05, 4.69) is 11.9 Å². The van der Waals surface area contributed by atoms with Crippen molar-refractivity contribution < 1.29 is 22.7 Å². The van der Waals surface area contributed by atoms with Crippen LogP contribution in [0.1, 0.15) is 28.8 Å². The topological polar surface area (TPSA) is 41.6 Å². The number of carbonyl (C=O) groups is 1. The van der Waals surface area contributed by atoms with Crippen molar-refractivity contribution in [1.82, 2.24) is 10.2 Å². The molecule has 25 heavy (non-hydrogen) atoms. The summed E-state index contributed by atoms with van der Waals surface area (Å²) < 4.78 is 44.5. The van der Waals surface area contributed by atoms with E-state index in [4.69, 9.17) is 4.74 Å². The third-order valence-corrected chi connectivity index (χ3v) is 4.19. The van der Waals surface area contributed by atoms with E-state index in [-0.39, 0.29) is 17.9 Å². The Bertz CT molecular complexity index is 615. The van der Waals surface area contributed by atoms with Gasteiger partial charge in [-0.15, -0.1) is 0 Å². The van der Waals surface area contributed by atoms with E-state index < -0.39 is 17.6 Å². The molecule has 1 unspecified atom stereocenters. The lowest BCUT2D eigenvalue weighted by molar-refractivity contribution is -0.137. The van der Waals surface area contributed by atoms with Gasteiger partial charge in [0, 0.05) is 13.1 Å². The zero-order valence-electron chi connectivity index (χ0n) is 14.2. The second-order valence-corrected chi connectivity index (χ2v) is 6.13. The van der Waals surface area contributed by atoms with E-state index in [9.17, 15) is 18.0 Å². The van der Waals surface area contributed by atoms with Crippen molar-refractivity contribution in [2.45, 2.75) is 19.0 Å². The molecule has 1 atom stereocenters. The molecule has 0 saturated carbocycles. The number of nitrogens with one attached hydrogen (secondary N) is 1. The van der Waals surface area contributed by atoms with Crippen LogP contribution in [-0.4, -0.2) is 44.1 Å². The number of hydrogen-bond donors (Lipinski definition) is 1. The van der Waals surface area contributed by atoms with Gasteiger partial charge in [-0.3, -0.25) is 4.79 Å². The predicted octanol–water partition coefficient (Wildman–Crippen LogP) is 3.34. The summed E-state index contributed by atoms with van der Waals surface area (Å²) >= 11 is 0. The number of hydrogen-bond acceptors (Lipinski definition) is 3. The number of carbonyl (C=O) groups excluding carboxylic acids is 1. The maximum absolute atomic E-state index is 13.0. The van der Waals surface area contributed by atoms with Crippen LogP contribution >= 0.6 is 0 Å². The highest BCUT2D eigenvalue weighted by atomic mass is 19.4. The largest absolute Gasteiger partial charge is 0.489 e. The number of halogens is 3. The molecule has 0 bridgehead atoms. The van der Waals surface area contributed by atoms with Gasteiger partial charge in [0.2, 0.25) is 0 Å². The smallest absolute Gasteiger partial charge is 0.416 e. The summed E-state index contributed by atoms with van der Waals surface area (Å²) in [5, 5.41) is 3.08. The van der Waals surface area contributed by atoms with E-state index in [1.165, 1.54) is 12.1 Å². The first-order valence-corrected chi connectivity index (χ1v) is 8.25. The number of rotatable bonds is 6. The molecule has 2 rings (SSSR count). The summed E-state index contributed by atoms with van der Waals surface area (Å²) in [5.41, 5.74) is -0.910. The van der Waals surface area contributed by atoms with E-state index in [0.29, 0.717) is 19.0 Å². The molecule has 0 spiro atoms. The Balaban J connectivity index is 2.29. The Morgan fingerprint density at radius 1 is 1.48 bits per heavy atom. The molecule has 1 aliphatic rings. The zero-order chi connectivity index (χ0) is 18.4. The fraction of sp³-hybridized carbons (Fsp3) is 0.500. The van der Waals surface area contributed by atoms with Gasteiger partial charge in [-0.1, -0.05) is 12.7 Å². The lowest BCUT2D eigenvalue weighted by Gasteiger charge is -2.33.